The van der Waals surface area contributed by atoms with Crippen molar-refractivity contribution < 1.29 is 4.79 Å². The van der Waals surface area contributed by atoms with Gasteiger partial charge in [0.1, 0.15) is 4.84 Å². The number of halogens is 3. The number of hydrogen-bond donors (Lipinski definition) is 0. The summed E-state index contributed by atoms with van der Waals surface area (Å²) in [6.45, 7) is 5.46. The topological polar surface area (TPSA) is 20.3 Å². The zero-order valence-electron chi connectivity index (χ0n) is 10.9. The number of Topliss-reactive ketones (excluding diaryl/α,β-unsaturated/α-hetero) is 1. The minimum absolute atomic E-state index is 0.117. The summed E-state index contributed by atoms with van der Waals surface area (Å²) in [6, 6.07) is 9.04. The molecule has 0 heterocycles. The third-order valence-corrected chi connectivity index (χ3v) is 3.95. The SMILES string of the molecule is CCN(CC)/C(=C(\Br)C(=O)c1ccccc1)C(Cl)Cl. The third kappa shape index (κ3) is 4.23. The van der Waals surface area contributed by atoms with Crippen LogP contribution in [0.3, 0.4) is 0 Å². The van der Waals surface area contributed by atoms with E-state index in [2.05, 4.69) is 15.9 Å². The summed E-state index contributed by atoms with van der Waals surface area (Å²) >= 11 is 15.4. The highest BCUT2D eigenvalue weighted by molar-refractivity contribution is 9.12. The van der Waals surface area contributed by atoms with Gasteiger partial charge in [-0.05, 0) is 29.8 Å². The predicted octanol–water partition coefficient (Wildman–Crippen LogP) is 4.62. The Balaban J connectivity index is 3.19. The summed E-state index contributed by atoms with van der Waals surface area (Å²) in [4.78, 5) is 13.6. The van der Waals surface area contributed by atoms with Gasteiger partial charge < -0.3 is 4.90 Å². The molecular weight excluding hydrogens is 349 g/mol. The van der Waals surface area contributed by atoms with Crippen molar-refractivity contribution in [1.82, 2.24) is 4.90 Å². The lowest BCUT2D eigenvalue weighted by Crippen LogP contribution is -2.28. The van der Waals surface area contributed by atoms with E-state index in [1.54, 1.807) is 12.1 Å². The molecule has 0 saturated heterocycles. The number of carbonyl (C=O) groups is 1. The van der Waals surface area contributed by atoms with E-state index in [4.69, 9.17) is 23.2 Å². The fourth-order valence-electron chi connectivity index (χ4n) is 1.77. The molecule has 0 saturated carbocycles. The summed E-state index contributed by atoms with van der Waals surface area (Å²) in [5.74, 6) is -0.117. The Kier molecular flexibility index (Phi) is 6.90. The first kappa shape index (κ1) is 16.5. The van der Waals surface area contributed by atoms with Crippen molar-refractivity contribution in [2.45, 2.75) is 18.7 Å². The van der Waals surface area contributed by atoms with Gasteiger partial charge in [0.2, 0.25) is 5.78 Å². The summed E-state index contributed by atoms with van der Waals surface area (Å²) in [7, 11) is 0. The van der Waals surface area contributed by atoms with Crippen LogP contribution in [0.5, 0.6) is 0 Å². The monoisotopic (exact) mass is 363 g/mol. The van der Waals surface area contributed by atoms with Crippen LogP contribution in [-0.4, -0.2) is 28.6 Å². The molecule has 0 aliphatic heterocycles. The van der Waals surface area contributed by atoms with Crippen LogP contribution in [0, 0.1) is 0 Å². The van der Waals surface area contributed by atoms with E-state index >= 15 is 0 Å². The molecule has 0 fully saturated rings. The highest BCUT2D eigenvalue weighted by atomic mass is 79.9. The number of allylic oxidation sites excluding steroid dienone is 2. The number of nitrogens with zero attached hydrogens (tertiary/aromatic N) is 1. The van der Waals surface area contributed by atoms with Crippen molar-refractivity contribution in [3.8, 4) is 0 Å². The van der Waals surface area contributed by atoms with Gasteiger partial charge in [0.05, 0.1) is 10.2 Å². The molecule has 0 radical (unpaired) electrons. The lowest BCUT2D eigenvalue weighted by molar-refractivity contribution is 0.104. The molecule has 0 aliphatic carbocycles. The maximum Gasteiger partial charge on any atom is 0.201 e. The molecule has 0 spiro atoms. The van der Waals surface area contributed by atoms with Crippen molar-refractivity contribution in [3.63, 3.8) is 0 Å². The highest BCUT2D eigenvalue weighted by Crippen LogP contribution is 2.28. The first-order chi connectivity index (χ1) is 9.02. The number of rotatable bonds is 6. The molecule has 0 unspecified atom stereocenters. The van der Waals surface area contributed by atoms with Crippen LogP contribution in [0.15, 0.2) is 40.5 Å². The van der Waals surface area contributed by atoms with Crippen LogP contribution in [0.25, 0.3) is 0 Å². The average molecular weight is 365 g/mol. The molecule has 0 bridgehead atoms. The number of ketones is 1. The Morgan fingerprint density at radius 3 is 2.16 bits per heavy atom. The number of carbonyl (C=O) groups excluding carboxylic acids is 1. The van der Waals surface area contributed by atoms with Crippen molar-refractivity contribution in [2.75, 3.05) is 13.1 Å². The van der Waals surface area contributed by atoms with Crippen LogP contribution in [0.2, 0.25) is 0 Å². The summed E-state index contributed by atoms with van der Waals surface area (Å²) in [6.07, 6.45) is 0. The molecule has 5 heteroatoms. The fraction of sp³-hybridized carbons (Fsp3) is 0.357. The number of hydrogen-bond acceptors (Lipinski definition) is 2. The van der Waals surface area contributed by atoms with E-state index in [-0.39, 0.29) is 5.78 Å². The van der Waals surface area contributed by atoms with E-state index in [0.29, 0.717) is 15.7 Å². The largest absolute Gasteiger partial charge is 0.372 e. The van der Waals surface area contributed by atoms with Crippen molar-refractivity contribution in [3.05, 3.63) is 46.1 Å². The second-order valence-electron chi connectivity index (χ2n) is 3.87. The molecule has 0 aromatic heterocycles. The molecule has 1 aromatic carbocycles. The molecule has 1 rings (SSSR count). The van der Waals surface area contributed by atoms with E-state index in [1.165, 1.54) is 0 Å². The third-order valence-electron chi connectivity index (χ3n) is 2.77. The Bertz CT molecular complexity index is 456. The molecule has 0 N–H and O–H groups in total. The number of alkyl halides is 2. The lowest BCUT2D eigenvalue weighted by atomic mass is 10.1. The average Bonchev–Trinajstić information content (AvgIpc) is 2.43. The zero-order chi connectivity index (χ0) is 14.4. The minimum atomic E-state index is -0.748. The quantitative estimate of drug-likeness (QED) is 0.417. The Morgan fingerprint density at radius 2 is 1.74 bits per heavy atom. The van der Waals surface area contributed by atoms with Gasteiger partial charge in [-0.1, -0.05) is 53.5 Å². The van der Waals surface area contributed by atoms with Crippen molar-refractivity contribution in [2.24, 2.45) is 0 Å². The lowest BCUT2D eigenvalue weighted by Gasteiger charge is -2.26. The normalized spacial score (nSPS) is 12.3. The Hall–Kier alpha value is -0.510. The highest BCUT2D eigenvalue weighted by Gasteiger charge is 2.22. The molecule has 0 aliphatic rings. The van der Waals surface area contributed by atoms with Gasteiger partial charge in [-0.3, -0.25) is 4.79 Å². The van der Waals surface area contributed by atoms with Gasteiger partial charge in [0.15, 0.2) is 0 Å². The van der Waals surface area contributed by atoms with Gasteiger partial charge in [0, 0.05) is 18.7 Å². The first-order valence-electron chi connectivity index (χ1n) is 6.05. The second kappa shape index (κ2) is 7.93. The molecule has 1 aromatic rings. The molecule has 2 nitrogen and oxygen atoms in total. The van der Waals surface area contributed by atoms with E-state index in [0.717, 1.165) is 13.1 Å². The molecule has 104 valence electrons. The molecular formula is C14H16BrCl2NO. The Morgan fingerprint density at radius 1 is 1.21 bits per heavy atom. The fourth-order valence-corrected chi connectivity index (χ4v) is 3.24. The Labute approximate surface area is 132 Å². The molecule has 0 amide bonds. The van der Waals surface area contributed by atoms with Gasteiger partial charge in [-0.2, -0.15) is 0 Å². The van der Waals surface area contributed by atoms with Gasteiger partial charge in [0.25, 0.3) is 0 Å². The van der Waals surface area contributed by atoms with E-state index in [9.17, 15) is 4.79 Å². The van der Waals surface area contributed by atoms with Gasteiger partial charge >= 0.3 is 0 Å². The van der Waals surface area contributed by atoms with Crippen LogP contribution < -0.4 is 0 Å². The van der Waals surface area contributed by atoms with E-state index in [1.807, 2.05) is 36.9 Å². The maximum absolute atomic E-state index is 12.4. The minimum Gasteiger partial charge on any atom is -0.372 e. The first-order valence-corrected chi connectivity index (χ1v) is 7.72. The summed E-state index contributed by atoms with van der Waals surface area (Å²) < 4.78 is 0.414. The van der Waals surface area contributed by atoms with Crippen LogP contribution >= 0.6 is 39.1 Å². The maximum atomic E-state index is 12.4. The van der Waals surface area contributed by atoms with Crippen molar-refractivity contribution in [1.29, 1.82) is 0 Å². The second-order valence-corrected chi connectivity index (χ2v) is 5.76. The van der Waals surface area contributed by atoms with E-state index < -0.39 is 4.84 Å². The summed E-state index contributed by atoms with van der Waals surface area (Å²) in [5.41, 5.74) is 1.22. The van der Waals surface area contributed by atoms with Gasteiger partial charge in [-0.25, -0.2) is 0 Å². The molecule has 0 atom stereocenters. The van der Waals surface area contributed by atoms with Crippen LogP contribution in [0.4, 0.5) is 0 Å². The van der Waals surface area contributed by atoms with Gasteiger partial charge in [-0.15, -0.1) is 0 Å². The summed E-state index contributed by atoms with van der Waals surface area (Å²) in [5, 5.41) is 0. The van der Waals surface area contributed by atoms with Crippen LogP contribution in [0.1, 0.15) is 24.2 Å². The molecule has 19 heavy (non-hydrogen) atoms. The number of benzene rings is 1. The smallest absolute Gasteiger partial charge is 0.201 e. The van der Waals surface area contributed by atoms with Crippen molar-refractivity contribution >= 4 is 44.9 Å². The zero-order valence-corrected chi connectivity index (χ0v) is 14.0. The van der Waals surface area contributed by atoms with Crippen LogP contribution in [-0.2, 0) is 0 Å². The predicted molar refractivity (Wildman–Crippen MR) is 85.1 cm³/mol. The standard InChI is InChI=1S/C14H16BrCl2NO/c1-3-18(4-2)12(14(16)17)11(15)13(19)10-8-6-5-7-9-10/h5-9,14H,3-4H2,1-2H3/b12-11-.